The van der Waals surface area contributed by atoms with E-state index in [1.807, 2.05) is 5.57 Å². The molecular formula is C56H60N2. The van der Waals surface area contributed by atoms with Gasteiger partial charge >= 0.3 is 0 Å². The Kier molecular flexibility index (Phi) is 7.96. The first kappa shape index (κ1) is 34.6. The molecule has 0 bridgehead atoms. The van der Waals surface area contributed by atoms with E-state index in [2.05, 4.69) is 132 Å². The van der Waals surface area contributed by atoms with E-state index in [-0.39, 0.29) is 11.6 Å². The second-order valence-corrected chi connectivity index (χ2v) is 20.1. The predicted octanol–water partition coefficient (Wildman–Crippen LogP) is 13.1. The Morgan fingerprint density at radius 2 is 1.64 bits per heavy atom. The molecule has 1 N–H and O–H groups in total. The van der Waals surface area contributed by atoms with Crippen molar-refractivity contribution in [3.63, 3.8) is 0 Å². The quantitative estimate of drug-likeness (QED) is 0.309. The maximum Gasteiger partial charge on any atom is 0.129 e. The van der Waals surface area contributed by atoms with E-state index in [4.69, 9.17) is 0 Å². The zero-order valence-corrected chi connectivity index (χ0v) is 34.2. The third kappa shape index (κ3) is 4.78. The van der Waals surface area contributed by atoms with Crippen LogP contribution in [0.4, 0.5) is 0 Å². The third-order valence-corrected chi connectivity index (χ3v) is 17.9. The molecule has 13 rings (SSSR count). The van der Waals surface area contributed by atoms with Crippen LogP contribution in [-0.4, -0.2) is 11.1 Å². The van der Waals surface area contributed by atoms with E-state index in [1.165, 1.54) is 94.0 Å². The van der Waals surface area contributed by atoms with Gasteiger partial charge in [-0.3, -0.25) is 0 Å². The molecule has 1 aliphatic heterocycles. The lowest BCUT2D eigenvalue weighted by molar-refractivity contribution is 0.0316. The maximum absolute atomic E-state index is 4.09. The number of nitrogens with zero attached hydrogens (tertiary/aromatic N) is 1. The maximum atomic E-state index is 4.09. The van der Waals surface area contributed by atoms with Gasteiger partial charge in [-0.25, -0.2) is 0 Å². The molecule has 2 nitrogen and oxygen atoms in total. The lowest BCUT2D eigenvalue weighted by Gasteiger charge is -2.52. The Hall–Kier alpha value is -4.30. The van der Waals surface area contributed by atoms with Crippen molar-refractivity contribution in [3.8, 4) is 0 Å². The van der Waals surface area contributed by atoms with Crippen LogP contribution in [-0.2, 0) is 0 Å². The molecular weight excluding hydrogens is 701 g/mol. The summed E-state index contributed by atoms with van der Waals surface area (Å²) in [5.74, 6) is 6.17. The zero-order valence-electron chi connectivity index (χ0n) is 34.2. The van der Waals surface area contributed by atoms with Gasteiger partial charge in [0.2, 0.25) is 0 Å². The smallest absolute Gasteiger partial charge is 0.129 e. The number of fused-ring (bicyclic) bond motifs is 15. The van der Waals surface area contributed by atoms with Gasteiger partial charge in [0.15, 0.2) is 0 Å². The molecule has 11 aliphatic carbocycles. The van der Waals surface area contributed by atoms with Gasteiger partial charge in [0.05, 0.1) is 0 Å². The fourth-order valence-corrected chi connectivity index (χ4v) is 16.0. The summed E-state index contributed by atoms with van der Waals surface area (Å²) in [5.41, 5.74) is 16.4. The van der Waals surface area contributed by atoms with Crippen LogP contribution >= 0.6 is 0 Å². The number of benzene rings is 1. The van der Waals surface area contributed by atoms with Crippen molar-refractivity contribution in [3.05, 3.63) is 172 Å². The molecule has 0 amide bonds. The summed E-state index contributed by atoms with van der Waals surface area (Å²) in [4.78, 5) is 2.69. The van der Waals surface area contributed by atoms with E-state index in [0.29, 0.717) is 53.3 Å². The molecule has 1 heterocycles. The molecule has 1 spiro atoms. The van der Waals surface area contributed by atoms with Crippen LogP contribution in [0.15, 0.2) is 161 Å². The van der Waals surface area contributed by atoms with Crippen LogP contribution in [0, 0.1) is 58.7 Å². The van der Waals surface area contributed by atoms with Crippen molar-refractivity contribution in [2.45, 2.75) is 102 Å². The number of rotatable bonds is 3. The van der Waals surface area contributed by atoms with Gasteiger partial charge in [-0.15, -0.1) is 0 Å². The molecule has 58 heavy (non-hydrogen) atoms. The van der Waals surface area contributed by atoms with E-state index in [0.717, 1.165) is 18.8 Å². The second-order valence-electron chi connectivity index (χ2n) is 20.1. The van der Waals surface area contributed by atoms with Crippen LogP contribution in [0.25, 0.3) is 5.57 Å². The molecule has 12 atom stereocenters. The average Bonchev–Trinajstić information content (AvgIpc) is 3.93. The molecule has 294 valence electrons. The fraction of sp³-hybridized carbons (Fsp3) is 0.464. The highest BCUT2D eigenvalue weighted by atomic mass is 15.3. The molecule has 2 heteroatoms. The normalized spacial score (nSPS) is 41.0. The highest BCUT2D eigenvalue weighted by molar-refractivity contribution is 5.84. The fourth-order valence-electron chi connectivity index (χ4n) is 16.0. The van der Waals surface area contributed by atoms with Crippen molar-refractivity contribution >= 4 is 5.57 Å². The first-order valence-electron chi connectivity index (χ1n) is 23.7. The van der Waals surface area contributed by atoms with E-state index < -0.39 is 0 Å². The number of hydrogen-bond donors (Lipinski definition) is 1. The van der Waals surface area contributed by atoms with Crippen molar-refractivity contribution in [1.82, 2.24) is 10.2 Å². The number of allylic oxidation sites excluding steroid dienone is 21. The van der Waals surface area contributed by atoms with Crippen LogP contribution < -0.4 is 5.32 Å². The minimum Gasteiger partial charge on any atom is -0.363 e. The molecule has 0 radical (unpaired) electrons. The molecule has 1 aromatic rings. The summed E-state index contributed by atoms with van der Waals surface area (Å²) >= 11 is 0. The Morgan fingerprint density at radius 3 is 2.55 bits per heavy atom. The summed E-state index contributed by atoms with van der Waals surface area (Å²) in [6, 6.07) is 9.55. The Bertz CT molecular complexity index is 2320. The highest BCUT2D eigenvalue weighted by Gasteiger charge is 2.71. The minimum atomic E-state index is 0.221. The Balaban J connectivity index is 0.898. The van der Waals surface area contributed by atoms with Gasteiger partial charge in [0.1, 0.15) is 6.17 Å². The van der Waals surface area contributed by atoms with E-state index >= 15 is 0 Å². The highest BCUT2D eigenvalue weighted by Crippen LogP contribution is 2.77. The monoisotopic (exact) mass is 760 g/mol. The van der Waals surface area contributed by atoms with Gasteiger partial charge in [0, 0.05) is 34.8 Å². The van der Waals surface area contributed by atoms with Gasteiger partial charge in [-0.05, 0) is 165 Å². The summed E-state index contributed by atoms with van der Waals surface area (Å²) < 4.78 is 0. The predicted molar refractivity (Wildman–Crippen MR) is 238 cm³/mol. The first-order chi connectivity index (χ1) is 28.8. The minimum absolute atomic E-state index is 0.221. The van der Waals surface area contributed by atoms with Crippen molar-refractivity contribution in [1.29, 1.82) is 0 Å². The Labute approximate surface area is 347 Å². The lowest BCUT2D eigenvalue weighted by atomic mass is 9.52. The van der Waals surface area contributed by atoms with Gasteiger partial charge in [-0.2, -0.15) is 0 Å². The topological polar surface area (TPSA) is 15.3 Å². The van der Waals surface area contributed by atoms with Gasteiger partial charge in [-0.1, -0.05) is 132 Å². The Morgan fingerprint density at radius 1 is 0.741 bits per heavy atom. The molecule has 1 aromatic carbocycles. The van der Waals surface area contributed by atoms with Crippen molar-refractivity contribution in [2.75, 3.05) is 0 Å². The standard InChI is InChI=1S/C56H60N2/c1-2-15-37(16-3-1)58-53-28-13-12-27-52(53)57-55(58)36-31-29-35(30-32-36)38-23-14-24-45-43-21-8-10-25-49(43)56(54(38)45)50-26-11-9-22-44(50)48-33-46-41-19-6-4-17-39(41)40-18-5-7-20-42(40)47(46)34-51(48)56/h2,4,6-10,15-17,19-23,25,29,31-33,35,40,42-45,49-51,54-55,57H,1,3,5,11-14,18,24,26-28,30,34H2. The first-order valence-corrected chi connectivity index (χ1v) is 23.7. The largest absolute Gasteiger partial charge is 0.363 e. The summed E-state index contributed by atoms with van der Waals surface area (Å²) in [6.07, 6.45) is 59.2. The summed E-state index contributed by atoms with van der Waals surface area (Å²) in [7, 11) is 0. The van der Waals surface area contributed by atoms with Crippen LogP contribution in [0.2, 0.25) is 0 Å². The van der Waals surface area contributed by atoms with Gasteiger partial charge < -0.3 is 10.2 Å². The van der Waals surface area contributed by atoms with Crippen molar-refractivity contribution in [2.24, 2.45) is 58.7 Å². The third-order valence-electron chi connectivity index (χ3n) is 17.9. The number of hydrogen-bond acceptors (Lipinski definition) is 2. The molecule has 2 fully saturated rings. The lowest BCUT2D eigenvalue weighted by Crippen LogP contribution is -2.46. The summed E-state index contributed by atoms with van der Waals surface area (Å²) in [6.45, 7) is 0. The molecule has 12 unspecified atom stereocenters. The number of nitrogens with one attached hydrogen (secondary N) is 1. The van der Waals surface area contributed by atoms with Gasteiger partial charge in [0.25, 0.3) is 0 Å². The molecule has 2 saturated carbocycles. The molecule has 0 saturated heterocycles. The zero-order chi connectivity index (χ0) is 38.0. The van der Waals surface area contributed by atoms with E-state index in [1.54, 1.807) is 33.5 Å². The van der Waals surface area contributed by atoms with E-state index in [9.17, 15) is 0 Å². The van der Waals surface area contributed by atoms with Crippen LogP contribution in [0.1, 0.15) is 107 Å². The van der Waals surface area contributed by atoms with Crippen LogP contribution in [0.5, 0.6) is 0 Å². The second kappa shape index (κ2) is 13.4. The van der Waals surface area contributed by atoms with Crippen LogP contribution in [0.3, 0.4) is 0 Å². The SMILES string of the molecule is C1=CC2C3CCC=C(C4C=CC(C5NC6=C(CCCC6)N5C5=CCCC=C5)=CC4)C3C3(C4CC5=C(C=C4C4C=CCCC43)c3ccccc3C3CCC=CC53)C2C=C1. The molecule has 12 aliphatic rings. The molecule has 0 aromatic heterocycles. The average molecular weight is 761 g/mol. The summed E-state index contributed by atoms with van der Waals surface area (Å²) in [5, 5.41) is 4.09. The van der Waals surface area contributed by atoms with Crippen molar-refractivity contribution < 1.29 is 0 Å².